The summed E-state index contributed by atoms with van der Waals surface area (Å²) in [5.74, 6) is 0.285. The number of halogens is 1. The first kappa shape index (κ1) is 12.7. The lowest BCUT2D eigenvalue weighted by Crippen LogP contribution is -2.44. The molecule has 1 fully saturated rings. The summed E-state index contributed by atoms with van der Waals surface area (Å²) < 4.78 is 19.0. The van der Waals surface area contributed by atoms with E-state index in [4.69, 9.17) is 4.42 Å². The molecule has 2 aromatic rings. The van der Waals surface area contributed by atoms with Gasteiger partial charge in [0.2, 0.25) is 0 Å². The van der Waals surface area contributed by atoms with Gasteiger partial charge >= 0.3 is 0 Å². The molecule has 3 rings (SSSR count). The monoisotopic (exact) mass is 262 g/mol. The van der Waals surface area contributed by atoms with Gasteiger partial charge < -0.3 is 9.52 Å². The minimum absolute atomic E-state index is 0.225. The molecule has 1 atom stereocenters. The predicted molar refractivity (Wildman–Crippen MR) is 72.3 cm³/mol. The zero-order chi connectivity index (χ0) is 13.7. The second-order valence-electron chi connectivity index (χ2n) is 6.24. The summed E-state index contributed by atoms with van der Waals surface area (Å²) in [4.78, 5) is 0. The highest BCUT2D eigenvalue weighted by Crippen LogP contribution is 2.51. The van der Waals surface area contributed by atoms with Crippen molar-refractivity contribution in [3.63, 3.8) is 0 Å². The second kappa shape index (κ2) is 4.07. The fourth-order valence-electron chi connectivity index (χ4n) is 3.17. The first-order valence-corrected chi connectivity index (χ1v) is 6.84. The van der Waals surface area contributed by atoms with Crippen LogP contribution in [0.15, 0.2) is 28.7 Å². The van der Waals surface area contributed by atoms with Crippen molar-refractivity contribution >= 4 is 11.0 Å². The summed E-state index contributed by atoms with van der Waals surface area (Å²) in [5.41, 5.74) is -0.551. The molecule has 0 spiro atoms. The van der Waals surface area contributed by atoms with E-state index in [1.165, 1.54) is 12.1 Å². The molecule has 1 N–H and O–H groups in total. The molecule has 102 valence electrons. The maximum atomic E-state index is 13.2. The van der Waals surface area contributed by atoms with Crippen LogP contribution >= 0.6 is 0 Å². The molecule has 1 aliphatic carbocycles. The Kier molecular flexibility index (Phi) is 2.72. The van der Waals surface area contributed by atoms with Gasteiger partial charge in [-0.1, -0.05) is 26.7 Å². The Hall–Kier alpha value is -1.35. The average molecular weight is 262 g/mol. The molecule has 1 aromatic heterocycles. The summed E-state index contributed by atoms with van der Waals surface area (Å²) in [5, 5.41) is 11.8. The summed E-state index contributed by atoms with van der Waals surface area (Å²) in [6, 6.07) is 6.23. The van der Waals surface area contributed by atoms with Crippen LogP contribution in [0.25, 0.3) is 11.0 Å². The summed E-state index contributed by atoms with van der Waals surface area (Å²) >= 11 is 0. The summed E-state index contributed by atoms with van der Waals surface area (Å²) in [7, 11) is 0. The lowest BCUT2D eigenvalue weighted by atomic mass is 9.64. The van der Waals surface area contributed by atoms with E-state index in [0.717, 1.165) is 19.3 Å². The molecule has 1 unspecified atom stereocenters. The Morgan fingerprint density at radius 1 is 1.16 bits per heavy atom. The van der Waals surface area contributed by atoms with Crippen molar-refractivity contribution < 1.29 is 13.9 Å². The lowest BCUT2D eigenvalue weighted by Gasteiger charge is -2.45. The Labute approximate surface area is 112 Å². The zero-order valence-electron chi connectivity index (χ0n) is 11.4. The third-order valence-electron chi connectivity index (χ3n) is 4.60. The smallest absolute Gasteiger partial charge is 0.137 e. The SMILES string of the molecule is CC1(C)CCCCC1(O)c1cc2cc(F)ccc2o1. The van der Waals surface area contributed by atoms with Crippen molar-refractivity contribution in [2.75, 3.05) is 0 Å². The van der Waals surface area contributed by atoms with Crippen LogP contribution in [0, 0.1) is 11.2 Å². The molecule has 1 heterocycles. The van der Waals surface area contributed by atoms with E-state index in [9.17, 15) is 9.50 Å². The molecule has 0 bridgehead atoms. The predicted octanol–water partition coefficient (Wildman–Crippen LogP) is 4.36. The van der Waals surface area contributed by atoms with Crippen molar-refractivity contribution in [2.45, 2.75) is 45.1 Å². The maximum Gasteiger partial charge on any atom is 0.137 e. The van der Waals surface area contributed by atoms with Gasteiger partial charge in [-0.05, 0) is 37.1 Å². The Bertz CT molecular complexity index is 614. The Morgan fingerprint density at radius 2 is 1.89 bits per heavy atom. The molecule has 0 radical (unpaired) electrons. The van der Waals surface area contributed by atoms with Crippen molar-refractivity contribution in [1.29, 1.82) is 0 Å². The van der Waals surface area contributed by atoms with Crippen LogP contribution in [-0.4, -0.2) is 5.11 Å². The minimum Gasteiger partial charge on any atom is -0.458 e. The van der Waals surface area contributed by atoms with Crippen molar-refractivity contribution in [3.05, 3.63) is 35.8 Å². The molecule has 0 amide bonds. The van der Waals surface area contributed by atoms with E-state index in [2.05, 4.69) is 13.8 Å². The third-order valence-corrected chi connectivity index (χ3v) is 4.60. The fraction of sp³-hybridized carbons (Fsp3) is 0.500. The molecule has 1 saturated carbocycles. The average Bonchev–Trinajstić information content (AvgIpc) is 2.76. The molecule has 0 saturated heterocycles. The molecule has 3 heteroatoms. The standard InChI is InChI=1S/C16H19FO2/c1-15(2)7-3-4-8-16(15,18)14-10-11-9-12(17)5-6-13(11)19-14/h5-6,9-10,18H,3-4,7-8H2,1-2H3. The molecule has 2 nitrogen and oxygen atoms in total. The third kappa shape index (κ3) is 1.88. The van der Waals surface area contributed by atoms with Gasteiger partial charge in [0.25, 0.3) is 0 Å². The second-order valence-corrected chi connectivity index (χ2v) is 6.24. The van der Waals surface area contributed by atoms with Gasteiger partial charge in [0, 0.05) is 10.8 Å². The van der Waals surface area contributed by atoms with Gasteiger partial charge in [-0.25, -0.2) is 4.39 Å². The Morgan fingerprint density at radius 3 is 2.63 bits per heavy atom. The van der Waals surface area contributed by atoms with Crippen LogP contribution in [0.1, 0.15) is 45.3 Å². The van der Waals surface area contributed by atoms with E-state index in [0.29, 0.717) is 23.2 Å². The van der Waals surface area contributed by atoms with Gasteiger partial charge in [0.1, 0.15) is 22.8 Å². The lowest BCUT2D eigenvalue weighted by molar-refractivity contribution is -0.117. The Balaban J connectivity index is 2.12. The normalized spacial score (nSPS) is 26.7. The number of aliphatic hydroxyl groups is 1. The van der Waals surface area contributed by atoms with E-state index in [1.54, 1.807) is 12.1 Å². The van der Waals surface area contributed by atoms with E-state index in [-0.39, 0.29) is 11.2 Å². The number of rotatable bonds is 1. The highest BCUT2D eigenvalue weighted by atomic mass is 19.1. The molecular weight excluding hydrogens is 243 g/mol. The van der Waals surface area contributed by atoms with Gasteiger partial charge in [0.15, 0.2) is 0 Å². The van der Waals surface area contributed by atoms with Gasteiger partial charge in [-0.2, -0.15) is 0 Å². The number of furan rings is 1. The quantitative estimate of drug-likeness (QED) is 0.828. The van der Waals surface area contributed by atoms with E-state index >= 15 is 0 Å². The van der Waals surface area contributed by atoms with Crippen molar-refractivity contribution in [3.8, 4) is 0 Å². The van der Waals surface area contributed by atoms with Gasteiger partial charge in [-0.3, -0.25) is 0 Å². The van der Waals surface area contributed by atoms with E-state index < -0.39 is 5.60 Å². The van der Waals surface area contributed by atoms with Crippen LogP contribution in [0.2, 0.25) is 0 Å². The van der Waals surface area contributed by atoms with Crippen molar-refractivity contribution in [2.24, 2.45) is 5.41 Å². The largest absolute Gasteiger partial charge is 0.458 e. The zero-order valence-corrected chi connectivity index (χ0v) is 11.4. The van der Waals surface area contributed by atoms with Gasteiger partial charge in [-0.15, -0.1) is 0 Å². The number of hydrogen-bond donors (Lipinski definition) is 1. The molecule has 1 aliphatic rings. The van der Waals surface area contributed by atoms with Crippen LogP contribution < -0.4 is 0 Å². The molecular formula is C16H19FO2. The maximum absolute atomic E-state index is 13.2. The number of fused-ring (bicyclic) bond motifs is 1. The molecule has 19 heavy (non-hydrogen) atoms. The molecule has 1 aromatic carbocycles. The topological polar surface area (TPSA) is 33.4 Å². The van der Waals surface area contributed by atoms with Crippen LogP contribution in [0.3, 0.4) is 0 Å². The van der Waals surface area contributed by atoms with Crippen LogP contribution in [-0.2, 0) is 5.60 Å². The summed E-state index contributed by atoms with van der Waals surface area (Å²) in [6.45, 7) is 4.14. The number of hydrogen-bond acceptors (Lipinski definition) is 2. The molecule has 0 aliphatic heterocycles. The van der Waals surface area contributed by atoms with Gasteiger partial charge in [0.05, 0.1) is 0 Å². The summed E-state index contributed by atoms with van der Waals surface area (Å²) in [6.07, 6.45) is 3.78. The minimum atomic E-state index is -0.958. The highest BCUT2D eigenvalue weighted by Gasteiger charge is 2.48. The number of benzene rings is 1. The first-order valence-electron chi connectivity index (χ1n) is 6.84. The highest BCUT2D eigenvalue weighted by molar-refractivity contribution is 5.78. The van der Waals surface area contributed by atoms with Crippen LogP contribution in [0.5, 0.6) is 0 Å². The van der Waals surface area contributed by atoms with Crippen LogP contribution in [0.4, 0.5) is 4.39 Å². The first-order chi connectivity index (χ1) is 8.92. The van der Waals surface area contributed by atoms with E-state index in [1.807, 2.05) is 0 Å². The fourth-order valence-corrected chi connectivity index (χ4v) is 3.17. The van der Waals surface area contributed by atoms with Crippen molar-refractivity contribution in [1.82, 2.24) is 0 Å².